The van der Waals surface area contributed by atoms with Gasteiger partial charge in [-0.25, -0.2) is 0 Å². The lowest BCUT2D eigenvalue weighted by Gasteiger charge is -2.18. The van der Waals surface area contributed by atoms with Crippen LogP contribution in [0.15, 0.2) is 60.7 Å². The highest BCUT2D eigenvalue weighted by atomic mass is 32.1. The van der Waals surface area contributed by atoms with Gasteiger partial charge in [0.15, 0.2) is 0 Å². The van der Waals surface area contributed by atoms with E-state index in [0.717, 1.165) is 20.2 Å². The van der Waals surface area contributed by atoms with Crippen LogP contribution >= 0.6 is 22.7 Å². The number of rotatable bonds is 5. The van der Waals surface area contributed by atoms with Gasteiger partial charge in [0.25, 0.3) is 0 Å². The van der Waals surface area contributed by atoms with Crippen LogP contribution in [0.1, 0.15) is 21.6 Å². The molecule has 0 aliphatic carbocycles. The topological polar surface area (TPSA) is 74.6 Å². The molecule has 6 heteroatoms. The van der Waals surface area contributed by atoms with Crippen LogP contribution in [0.3, 0.4) is 0 Å². The molecule has 0 radical (unpaired) electrons. The van der Waals surface area contributed by atoms with Gasteiger partial charge in [0, 0.05) is 19.2 Å². The zero-order valence-electron chi connectivity index (χ0n) is 13.5. The zero-order chi connectivity index (χ0) is 18.3. The average molecular weight is 382 g/mol. The second kappa shape index (κ2) is 6.55. The lowest BCUT2D eigenvalue weighted by atomic mass is 9.89. The molecule has 0 saturated carbocycles. The van der Waals surface area contributed by atoms with E-state index in [2.05, 4.69) is 0 Å². The van der Waals surface area contributed by atoms with Crippen molar-refractivity contribution in [1.82, 2.24) is 0 Å². The van der Waals surface area contributed by atoms with E-state index in [1.165, 1.54) is 22.7 Å². The summed E-state index contributed by atoms with van der Waals surface area (Å²) >= 11 is 2.68. The molecule has 4 rings (SSSR count). The van der Waals surface area contributed by atoms with Gasteiger partial charge >= 0.3 is 11.9 Å². The minimum absolute atomic E-state index is 0.559. The highest BCUT2D eigenvalue weighted by Gasteiger charge is 2.38. The van der Waals surface area contributed by atoms with Crippen LogP contribution in [-0.4, -0.2) is 22.2 Å². The minimum Gasteiger partial charge on any atom is -0.481 e. The first-order valence-electron chi connectivity index (χ1n) is 7.97. The van der Waals surface area contributed by atoms with E-state index < -0.39 is 23.8 Å². The van der Waals surface area contributed by atoms with Gasteiger partial charge in [0.2, 0.25) is 0 Å². The maximum Gasteiger partial charge on any atom is 0.313 e. The van der Waals surface area contributed by atoms with Crippen LogP contribution in [0, 0.1) is 0 Å². The van der Waals surface area contributed by atoms with Gasteiger partial charge in [-0.1, -0.05) is 36.4 Å². The van der Waals surface area contributed by atoms with E-state index in [-0.39, 0.29) is 0 Å². The highest BCUT2D eigenvalue weighted by Crippen LogP contribution is 2.42. The van der Waals surface area contributed by atoms with Gasteiger partial charge in [-0.2, -0.15) is 0 Å². The fourth-order valence-corrected chi connectivity index (χ4v) is 5.56. The minimum atomic E-state index is -1.13. The van der Waals surface area contributed by atoms with Crippen molar-refractivity contribution in [3.63, 3.8) is 0 Å². The van der Waals surface area contributed by atoms with Crippen molar-refractivity contribution in [1.29, 1.82) is 0 Å². The summed E-state index contributed by atoms with van der Waals surface area (Å²) in [6.07, 6.45) is 0. The maximum atomic E-state index is 12.1. The van der Waals surface area contributed by atoms with Gasteiger partial charge in [0.05, 0.1) is 0 Å². The summed E-state index contributed by atoms with van der Waals surface area (Å²) in [5, 5.41) is 21.6. The van der Waals surface area contributed by atoms with E-state index in [4.69, 9.17) is 0 Å². The Hall–Kier alpha value is -2.70. The molecule has 0 fully saturated rings. The Kier molecular flexibility index (Phi) is 4.22. The Balaban J connectivity index is 1.86. The molecule has 4 nitrogen and oxygen atoms in total. The molecular formula is C20H14O4S2. The summed E-state index contributed by atoms with van der Waals surface area (Å²) in [5.74, 6) is -4.50. The zero-order valence-corrected chi connectivity index (χ0v) is 15.1. The predicted molar refractivity (Wildman–Crippen MR) is 104 cm³/mol. The molecule has 0 amide bonds. The molecule has 26 heavy (non-hydrogen) atoms. The number of carbonyl (C=O) groups is 2. The fourth-order valence-electron chi connectivity index (χ4n) is 3.17. The normalized spacial score (nSPS) is 13.7. The molecule has 2 atom stereocenters. The highest BCUT2D eigenvalue weighted by molar-refractivity contribution is 7.20. The molecule has 0 aliphatic rings. The summed E-state index contributed by atoms with van der Waals surface area (Å²) in [5.41, 5.74) is 0. The maximum absolute atomic E-state index is 12.1. The van der Waals surface area contributed by atoms with Crippen LogP contribution in [-0.2, 0) is 9.59 Å². The van der Waals surface area contributed by atoms with Crippen LogP contribution in [0.5, 0.6) is 0 Å². The first-order chi connectivity index (χ1) is 12.5. The number of carboxylic acid groups (broad SMARTS) is 2. The van der Waals surface area contributed by atoms with Crippen molar-refractivity contribution in [3.8, 4) is 0 Å². The van der Waals surface area contributed by atoms with E-state index in [1.807, 2.05) is 48.5 Å². The molecule has 130 valence electrons. The molecule has 0 aliphatic heterocycles. The number of aliphatic carboxylic acids is 2. The number of benzene rings is 2. The van der Waals surface area contributed by atoms with E-state index >= 15 is 0 Å². The average Bonchev–Trinajstić information content (AvgIpc) is 3.21. The standard InChI is InChI=1S/C20H14O4S2/c21-19(22)17(15-9-11-5-1-3-7-13(11)25-15)18(20(23)24)16-10-12-6-2-4-8-14(12)26-16/h1-10,17-18H,(H,21,22)(H,23,24). The van der Waals surface area contributed by atoms with Crippen LogP contribution in [0.25, 0.3) is 20.2 Å². The molecule has 0 bridgehead atoms. The van der Waals surface area contributed by atoms with Crippen molar-refractivity contribution in [3.05, 3.63) is 70.4 Å². The molecule has 0 spiro atoms. The SMILES string of the molecule is O=C(O)C(c1cc2ccccc2s1)C(C(=O)O)c1cc2ccccc2s1. The van der Waals surface area contributed by atoms with Crippen molar-refractivity contribution in [2.75, 3.05) is 0 Å². The second-order valence-electron chi connectivity index (χ2n) is 6.01. The smallest absolute Gasteiger partial charge is 0.313 e. The quantitative estimate of drug-likeness (QED) is 0.500. The lowest BCUT2D eigenvalue weighted by molar-refractivity contribution is -0.147. The first-order valence-corrected chi connectivity index (χ1v) is 9.60. The molecule has 2 aromatic carbocycles. The number of thiophene rings is 2. The number of hydrogen-bond donors (Lipinski definition) is 2. The Morgan fingerprint density at radius 3 is 1.42 bits per heavy atom. The van der Waals surface area contributed by atoms with Gasteiger partial charge in [-0.15, -0.1) is 22.7 Å². The summed E-state index contributed by atoms with van der Waals surface area (Å²) in [6.45, 7) is 0. The van der Waals surface area contributed by atoms with E-state index in [1.54, 1.807) is 12.1 Å². The summed E-state index contributed by atoms with van der Waals surface area (Å²) in [6, 6.07) is 18.8. The third-order valence-electron chi connectivity index (χ3n) is 4.37. The molecular weight excluding hydrogens is 368 g/mol. The van der Waals surface area contributed by atoms with Crippen molar-refractivity contribution in [2.24, 2.45) is 0 Å². The second-order valence-corrected chi connectivity index (χ2v) is 8.24. The largest absolute Gasteiger partial charge is 0.481 e. The van der Waals surface area contributed by atoms with Crippen LogP contribution < -0.4 is 0 Å². The Morgan fingerprint density at radius 1 is 0.692 bits per heavy atom. The van der Waals surface area contributed by atoms with Crippen LogP contribution in [0.2, 0.25) is 0 Å². The third-order valence-corrected chi connectivity index (χ3v) is 6.77. The Bertz CT molecular complexity index is 969. The molecule has 2 aromatic heterocycles. The monoisotopic (exact) mass is 382 g/mol. The van der Waals surface area contributed by atoms with Crippen molar-refractivity contribution < 1.29 is 19.8 Å². The Morgan fingerprint density at radius 2 is 1.08 bits per heavy atom. The van der Waals surface area contributed by atoms with Gasteiger partial charge in [-0.3, -0.25) is 9.59 Å². The van der Waals surface area contributed by atoms with Crippen molar-refractivity contribution >= 4 is 54.8 Å². The molecule has 2 unspecified atom stereocenters. The number of carboxylic acids is 2. The predicted octanol–water partition coefficient (Wildman–Crippen LogP) is 5.15. The molecule has 0 saturated heterocycles. The van der Waals surface area contributed by atoms with Crippen molar-refractivity contribution in [2.45, 2.75) is 11.8 Å². The fraction of sp³-hybridized carbons (Fsp3) is 0.100. The molecule has 2 N–H and O–H groups in total. The van der Waals surface area contributed by atoms with E-state index in [0.29, 0.717) is 9.75 Å². The summed E-state index contributed by atoms with van der Waals surface area (Å²) < 4.78 is 1.91. The summed E-state index contributed by atoms with van der Waals surface area (Å²) in [4.78, 5) is 25.2. The molecule has 2 heterocycles. The van der Waals surface area contributed by atoms with Gasteiger partial charge in [-0.05, 0) is 35.0 Å². The van der Waals surface area contributed by atoms with Crippen LogP contribution in [0.4, 0.5) is 0 Å². The molecule has 4 aromatic rings. The van der Waals surface area contributed by atoms with Gasteiger partial charge in [0.1, 0.15) is 11.8 Å². The Labute approximate surface area is 157 Å². The third kappa shape index (κ3) is 2.87. The number of fused-ring (bicyclic) bond motifs is 2. The lowest BCUT2D eigenvalue weighted by Crippen LogP contribution is -2.25. The summed E-state index contributed by atoms with van der Waals surface area (Å²) in [7, 11) is 0. The first kappa shape index (κ1) is 16.8. The van der Waals surface area contributed by atoms with E-state index in [9.17, 15) is 19.8 Å². The van der Waals surface area contributed by atoms with Gasteiger partial charge < -0.3 is 10.2 Å². The number of hydrogen-bond acceptors (Lipinski definition) is 4.